The predicted molar refractivity (Wildman–Crippen MR) is 76.6 cm³/mol. The molecule has 1 aromatic heterocycles. The van der Waals surface area contributed by atoms with Gasteiger partial charge in [-0.2, -0.15) is 0 Å². The molecule has 100 valence electrons. The Labute approximate surface area is 120 Å². The van der Waals surface area contributed by atoms with Crippen molar-refractivity contribution in [1.82, 2.24) is 5.32 Å². The topological polar surface area (TPSA) is 68.3 Å². The SMILES string of the molecule is CC(NC(=O)c1ccc(CN)o1)c1ccc(Br)cc1. The zero-order valence-electron chi connectivity index (χ0n) is 10.5. The molecular weight excluding hydrogens is 308 g/mol. The molecule has 5 heteroatoms. The van der Waals surface area contributed by atoms with Gasteiger partial charge in [0.2, 0.25) is 0 Å². The van der Waals surface area contributed by atoms with E-state index in [2.05, 4.69) is 21.2 Å². The van der Waals surface area contributed by atoms with Crippen molar-refractivity contribution < 1.29 is 9.21 Å². The number of amides is 1. The molecule has 0 aliphatic heterocycles. The van der Waals surface area contributed by atoms with Gasteiger partial charge < -0.3 is 15.5 Å². The molecule has 1 atom stereocenters. The van der Waals surface area contributed by atoms with E-state index in [9.17, 15) is 4.79 Å². The molecule has 1 amide bonds. The Kier molecular flexibility index (Phi) is 4.39. The van der Waals surface area contributed by atoms with Gasteiger partial charge in [0, 0.05) is 4.47 Å². The quantitative estimate of drug-likeness (QED) is 0.909. The van der Waals surface area contributed by atoms with Gasteiger partial charge in [0.15, 0.2) is 5.76 Å². The molecule has 3 N–H and O–H groups in total. The van der Waals surface area contributed by atoms with Crippen LogP contribution >= 0.6 is 15.9 Å². The van der Waals surface area contributed by atoms with Crippen LogP contribution in [0, 0.1) is 0 Å². The molecule has 0 saturated carbocycles. The van der Waals surface area contributed by atoms with Gasteiger partial charge in [0.25, 0.3) is 5.91 Å². The lowest BCUT2D eigenvalue weighted by atomic mass is 10.1. The summed E-state index contributed by atoms with van der Waals surface area (Å²) < 4.78 is 6.31. The highest BCUT2D eigenvalue weighted by Crippen LogP contribution is 2.17. The van der Waals surface area contributed by atoms with E-state index >= 15 is 0 Å². The number of carbonyl (C=O) groups is 1. The summed E-state index contributed by atoms with van der Waals surface area (Å²) in [6.07, 6.45) is 0. The number of furan rings is 1. The van der Waals surface area contributed by atoms with Gasteiger partial charge in [-0.1, -0.05) is 28.1 Å². The van der Waals surface area contributed by atoms with Crippen LogP contribution in [-0.4, -0.2) is 5.91 Å². The molecule has 0 aliphatic rings. The molecule has 0 radical (unpaired) electrons. The molecule has 0 spiro atoms. The van der Waals surface area contributed by atoms with Gasteiger partial charge in [0.1, 0.15) is 5.76 Å². The highest BCUT2D eigenvalue weighted by Gasteiger charge is 2.14. The summed E-state index contributed by atoms with van der Waals surface area (Å²) in [5.41, 5.74) is 6.47. The second kappa shape index (κ2) is 6.04. The van der Waals surface area contributed by atoms with Gasteiger partial charge in [-0.05, 0) is 36.8 Å². The molecule has 0 bridgehead atoms. The first-order chi connectivity index (χ1) is 9.10. The first-order valence-electron chi connectivity index (χ1n) is 5.95. The van der Waals surface area contributed by atoms with Crippen LogP contribution in [0.1, 0.15) is 34.8 Å². The number of nitrogens with two attached hydrogens (primary N) is 1. The number of nitrogens with one attached hydrogen (secondary N) is 1. The summed E-state index contributed by atoms with van der Waals surface area (Å²) in [6.45, 7) is 2.21. The monoisotopic (exact) mass is 322 g/mol. The summed E-state index contributed by atoms with van der Waals surface area (Å²) in [5, 5.41) is 2.88. The predicted octanol–water partition coefficient (Wildman–Crippen LogP) is 2.99. The van der Waals surface area contributed by atoms with E-state index in [1.54, 1.807) is 12.1 Å². The minimum absolute atomic E-state index is 0.0907. The standard InChI is InChI=1S/C14H15BrN2O2/c1-9(10-2-4-11(15)5-3-10)17-14(18)13-7-6-12(8-16)19-13/h2-7,9H,8,16H2,1H3,(H,17,18). The largest absolute Gasteiger partial charge is 0.455 e. The minimum atomic E-state index is -0.241. The molecule has 19 heavy (non-hydrogen) atoms. The van der Waals surface area contributed by atoms with E-state index in [0.717, 1.165) is 10.0 Å². The van der Waals surface area contributed by atoms with Crippen LogP contribution in [0.3, 0.4) is 0 Å². The lowest BCUT2D eigenvalue weighted by Crippen LogP contribution is -2.26. The Bertz CT molecular complexity index is 563. The minimum Gasteiger partial charge on any atom is -0.455 e. The summed E-state index contributed by atoms with van der Waals surface area (Å²) >= 11 is 3.38. The van der Waals surface area contributed by atoms with Crippen LogP contribution in [0.2, 0.25) is 0 Å². The molecule has 2 aromatic rings. The van der Waals surface area contributed by atoms with Gasteiger partial charge in [-0.25, -0.2) is 0 Å². The maximum Gasteiger partial charge on any atom is 0.287 e. The molecule has 0 fully saturated rings. The molecule has 1 aromatic carbocycles. The van der Waals surface area contributed by atoms with Crippen molar-refractivity contribution in [3.05, 3.63) is 58.0 Å². The van der Waals surface area contributed by atoms with Gasteiger partial charge in [-0.15, -0.1) is 0 Å². The number of hydrogen-bond donors (Lipinski definition) is 2. The van der Waals surface area contributed by atoms with Crippen LogP contribution in [0.4, 0.5) is 0 Å². The lowest BCUT2D eigenvalue weighted by Gasteiger charge is -2.13. The highest BCUT2D eigenvalue weighted by molar-refractivity contribution is 9.10. The zero-order valence-corrected chi connectivity index (χ0v) is 12.1. The number of rotatable bonds is 4. The number of hydrogen-bond acceptors (Lipinski definition) is 3. The van der Waals surface area contributed by atoms with Gasteiger partial charge in [0.05, 0.1) is 12.6 Å². The fraction of sp³-hybridized carbons (Fsp3) is 0.214. The second-order valence-electron chi connectivity index (χ2n) is 4.22. The number of carbonyl (C=O) groups excluding carboxylic acids is 1. The molecule has 4 nitrogen and oxygen atoms in total. The number of benzene rings is 1. The van der Waals surface area contributed by atoms with Crippen LogP contribution in [-0.2, 0) is 6.54 Å². The van der Waals surface area contributed by atoms with Crippen molar-refractivity contribution in [1.29, 1.82) is 0 Å². The highest BCUT2D eigenvalue weighted by atomic mass is 79.9. The molecule has 2 rings (SSSR count). The van der Waals surface area contributed by atoms with Gasteiger partial charge >= 0.3 is 0 Å². The molecule has 1 heterocycles. The molecule has 0 aliphatic carbocycles. The van der Waals surface area contributed by atoms with Crippen molar-refractivity contribution in [3.8, 4) is 0 Å². The van der Waals surface area contributed by atoms with E-state index in [0.29, 0.717) is 5.76 Å². The molecular formula is C14H15BrN2O2. The smallest absolute Gasteiger partial charge is 0.287 e. The fourth-order valence-electron chi connectivity index (χ4n) is 1.71. The number of halogens is 1. The summed E-state index contributed by atoms with van der Waals surface area (Å²) in [6, 6.07) is 11.1. The van der Waals surface area contributed by atoms with E-state index in [4.69, 9.17) is 10.2 Å². The maximum absolute atomic E-state index is 12.0. The first kappa shape index (κ1) is 13.8. The van der Waals surface area contributed by atoms with Crippen molar-refractivity contribution in [3.63, 3.8) is 0 Å². The third-order valence-corrected chi connectivity index (χ3v) is 3.33. The van der Waals surface area contributed by atoms with Gasteiger partial charge in [-0.3, -0.25) is 4.79 Å². The van der Waals surface area contributed by atoms with Crippen molar-refractivity contribution in [2.75, 3.05) is 0 Å². The Morgan fingerprint density at radius 1 is 1.32 bits per heavy atom. The summed E-state index contributed by atoms with van der Waals surface area (Å²) in [5.74, 6) is 0.640. The third-order valence-electron chi connectivity index (χ3n) is 2.80. The van der Waals surface area contributed by atoms with Crippen LogP contribution in [0.5, 0.6) is 0 Å². The average molecular weight is 323 g/mol. The third kappa shape index (κ3) is 3.45. The van der Waals surface area contributed by atoms with Crippen molar-refractivity contribution in [2.24, 2.45) is 5.73 Å². The van der Waals surface area contributed by atoms with E-state index < -0.39 is 0 Å². The van der Waals surface area contributed by atoms with E-state index in [1.807, 2.05) is 31.2 Å². The first-order valence-corrected chi connectivity index (χ1v) is 6.74. The van der Waals surface area contributed by atoms with Crippen LogP contribution < -0.4 is 11.1 Å². The Hall–Kier alpha value is -1.59. The van der Waals surface area contributed by atoms with E-state index in [-0.39, 0.29) is 24.3 Å². The van der Waals surface area contributed by atoms with E-state index in [1.165, 1.54) is 0 Å². The lowest BCUT2D eigenvalue weighted by molar-refractivity contribution is 0.0910. The Morgan fingerprint density at radius 3 is 2.58 bits per heavy atom. The second-order valence-corrected chi connectivity index (χ2v) is 5.13. The van der Waals surface area contributed by atoms with Crippen LogP contribution in [0.15, 0.2) is 45.3 Å². The zero-order chi connectivity index (χ0) is 13.8. The fourth-order valence-corrected chi connectivity index (χ4v) is 1.98. The Morgan fingerprint density at radius 2 is 2.00 bits per heavy atom. The average Bonchev–Trinajstić information content (AvgIpc) is 2.88. The van der Waals surface area contributed by atoms with Crippen molar-refractivity contribution >= 4 is 21.8 Å². The maximum atomic E-state index is 12.0. The molecule has 0 saturated heterocycles. The summed E-state index contributed by atoms with van der Waals surface area (Å²) in [7, 11) is 0. The van der Waals surface area contributed by atoms with Crippen molar-refractivity contribution in [2.45, 2.75) is 19.5 Å². The Balaban J connectivity index is 2.04. The van der Waals surface area contributed by atoms with Crippen LogP contribution in [0.25, 0.3) is 0 Å². The normalized spacial score (nSPS) is 12.2. The molecule has 1 unspecified atom stereocenters. The summed E-state index contributed by atoms with van der Waals surface area (Å²) in [4.78, 5) is 12.0.